The van der Waals surface area contributed by atoms with E-state index in [9.17, 15) is 9.90 Å². The molecule has 1 aliphatic heterocycles. The van der Waals surface area contributed by atoms with Crippen molar-refractivity contribution in [2.75, 3.05) is 25.1 Å². The molecular formula is C12H17N3O3. The zero-order valence-electron chi connectivity index (χ0n) is 10.4. The molecule has 1 aliphatic rings. The minimum Gasteiger partial charge on any atom is -0.480 e. The van der Waals surface area contributed by atoms with E-state index >= 15 is 0 Å². The summed E-state index contributed by atoms with van der Waals surface area (Å²) in [7, 11) is 1.45. The maximum atomic E-state index is 11.3. The summed E-state index contributed by atoms with van der Waals surface area (Å²) in [5.41, 5.74) is 0.156. The molecule has 1 fully saturated rings. The minimum atomic E-state index is -0.998. The van der Waals surface area contributed by atoms with Crippen molar-refractivity contribution in [3.63, 3.8) is 0 Å². The maximum absolute atomic E-state index is 11.3. The summed E-state index contributed by atoms with van der Waals surface area (Å²) < 4.78 is 4.92. The van der Waals surface area contributed by atoms with Gasteiger partial charge in [-0.1, -0.05) is 12.8 Å². The molecule has 0 spiro atoms. The minimum absolute atomic E-state index is 0.156. The van der Waals surface area contributed by atoms with E-state index in [0.29, 0.717) is 5.82 Å². The zero-order chi connectivity index (χ0) is 13.0. The topological polar surface area (TPSA) is 75.6 Å². The highest BCUT2D eigenvalue weighted by Gasteiger charge is 2.20. The van der Waals surface area contributed by atoms with Crippen molar-refractivity contribution in [2.24, 2.45) is 0 Å². The number of aromatic nitrogens is 2. The summed E-state index contributed by atoms with van der Waals surface area (Å²) in [6.07, 6.45) is 4.49. The van der Waals surface area contributed by atoms with Crippen LogP contribution in [0.4, 0.5) is 5.82 Å². The van der Waals surface area contributed by atoms with Crippen LogP contribution in [0.2, 0.25) is 0 Å². The summed E-state index contributed by atoms with van der Waals surface area (Å²) >= 11 is 0. The van der Waals surface area contributed by atoms with Crippen LogP contribution in [0.1, 0.15) is 36.0 Å². The second-order valence-corrected chi connectivity index (χ2v) is 4.33. The third kappa shape index (κ3) is 2.69. The molecule has 1 N–H and O–H groups in total. The van der Waals surface area contributed by atoms with Gasteiger partial charge in [0.25, 0.3) is 0 Å². The average molecular weight is 251 g/mol. The molecule has 1 aromatic rings. The van der Waals surface area contributed by atoms with Crippen molar-refractivity contribution in [1.82, 2.24) is 10.2 Å². The lowest BCUT2D eigenvalue weighted by atomic mass is 10.2. The van der Waals surface area contributed by atoms with Gasteiger partial charge in [-0.15, -0.1) is 10.2 Å². The van der Waals surface area contributed by atoms with E-state index in [1.54, 1.807) is 0 Å². The first-order valence-electron chi connectivity index (χ1n) is 6.12. The molecular weight excluding hydrogens is 234 g/mol. The molecule has 0 aromatic carbocycles. The predicted octanol–water partition coefficient (Wildman–Crippen LogP) is 1.56. The number of nitrogens with zero attached hydrogens (tertiary/aromatic N) is 3. The molecule has 6 nitrogen and oxygen atoms in total. The number of aromatic carboxylic acids is 1. The van der Waals surface area contributed by atoms with E-state index in [4.69, 9.17) is 4.74 Å². The van der Waals surface area contributed by atoms with Crippen LogP contribution in [0.5, 0.6) is 5.88 Å². The second-order valence-electron chi connectivity index (χ2n) is 4.33. The molecule has 0 bridgehead atoms. The van der Waals surface area contributed by atoms with Crippen molar-refractivity contribution >= 4 is 11.8 Å². The Kier molecular flexibility index (Phi) is 3.96. The number of anilines is 1. The molecule has 6 heteroatoms. The van der Waals surface area contributed by atoms with Crippen LogP contribution >= 0.6 is 0 Å². The van der Waals surface area contributed by atoms with Crippen molar-refractivity contribution in [3.05, 3.63) is 11.6 Å². The molecule has 0 atom stereocenters. The fourth-order valence-corrected chi connectivity index (χ4v) is 2.14. The molecule has 0 aliphatic carbocycles. The van der Waals surface area contributed by atoms with Gasteiger partial charge in [0.05, 0.1) is 7.11 Å². The van der Waals surface area contributed by atoms with E-state index in [1.165, 1.54) is 26.0 Å². The zero-order valence-corrected chi connectivity index (χ0v) is 10.4. The largest absolute Gasteiger partial charge is 0.480 e. The van der Waals surface area contributed by atoms with E-state index in [2.05, 4.69) is 10.2 Å². The van der Waals surface area contributed by atoms with Gasteiger partial charge in [-0.05, 0) is 12.8 Å². The molecule has 18 heavy (non-hydrogen) atoms. The fourth-order valence-electron chi connectivity index (χ4n) is 2.14. The highest BCUT2D eigenvalue weighted by atomic mass is 16.5. The van der Waals surface area contributed by atoms with Gasteiger partial charge in [-0.25, -0.2) is 4.79 Å². The second kappa shape index (κ2) is 5.66. The normalized spacial score (nSPS) is 16.2. The Bertz CT molecular complexity index is 429. The standard InChI is InChI=1S/C12H17N3O3/c1-18-10-8-9(12(16)17)11(14-13-10)15-6-4-2-3-5-7-15/h8H,2-7H2,1H3,(H,16,17). The van der Waals surface area contributed by atoms with Crippen LogP contribution in [0, 0.1) is 0 Å². The Morgan fingerprint density at radius 1 is 1.28 bits per heavy atom. The molecule has 1 aromatic heterocycles. The average Bonchev–Trinajstić information content (AvgIpc) is 2.66. The Morgan fingerprint density at radius 3 is 2.50 bits per heavy atom. The molecule has 98 valence electrons. The van der Waals surface area contributed by atoms with E-state index < -0.39 is 5.97 Å². The van der Waals surface area contributed by atoms with Crippen LogP contribution in [0.3, 0.4) is 0 Å². The number of hydrogen-bond donors (Lipinski definition) is 1. The summed E-state index contributed by atoms with van der Waals surface area (Å²) in [5, 5.41) is 17.1. The van der Waals surface area contributed by atoms with E-state index in [0.717, 1.165) is 25.9 Å². The van der Waals surface area contributed by atoms with Crippen LogP contribution < -0.4 is 9.64 Å². The highest BCUT2D eigenvalue weighted by Crippen LogP contribution is 2.23. The van der Waals surface area contributed by atoms with E-state index in [1.807, 2.05) is 4.90 Å². The molecule has 2 rings (SSSR count). The Morgan fingerprint density at radius 2 is 1.94 bits per heavy atom. The maximum Gasteiger partial charge on any atom is 0.339 e. The van der Waals surface area contributed by atoms with Gasteiger partial charge in [0.1, 0.15) is 5.56 Å². The molecule has 0 amide bonds. The molecule has 0 unspecified atom stereocenters. The van der Waals surface area contributed by atoms with Crippen molar-refractivity contribution in [3.8, 4) is 5.88 Å². The Hall–Kier alpha value is -1.85. The number of carboxylic acid groups (broad SMARTS) is 1. The first-order valence-corrected chi connectivity index (χ1v) is 6.12. The number of rotatable bonds is 3. The molecule has 1 saturated heterocycles. The van der Waals surface area contributed by atoms with Crippen molar-refractivity contribution in [1.29, 1.82) is 0 Å². The predicted molar refractivity (Wildman–Crippen MR) is 66.2 cm³/mol. The van der Waals surface area contributed by atoms with Crippen LogP contribution in [0.25, 0.3) is 0 Å². The number of carbonyl (C=O) groups is 1. The first kappa shape index (κ1) is 12.6. The SMILES string of the molecule is COc1cc(C(=O)O)c(N2CCCCCC2)nn1. The van der Waals surface area contributed by atoms with Gasteiger partial charge in [0.2, 0.25) is 5.88 Å². The molecule has 0 saturated carbocycles. The quantitative estimate of drug-likeness (QED) is 0.878. The number of methoxy groups -OCH3 is 1. The number of ether oxygens (including phenoxy) is 1. The van der Waals surface area contributed by atoms with Gasteiger partial charge in [0.15, 0.2) is 5.82 Å². The lowest BCUT2D eigenvalue weighted by Gasteiger charge is -2.22. The fraction of sp³-hybridized carbons (Fsp3) is 0.583. The van der Waals surface area contributed by atoms with Gasteiger partial charge < -0.3 is 14.7 Å². The third-order valence-corrected chi connectivity index (χ3v) is 3.10. The number of hydrogen-bond acceptors (Lipinski definition) is 5. The van der Waals surface area contributed by atoms with Gasteiger partial charge in [-0.3, -0.25) is 0 Å². The molecule has 0 radical (unpaired) electrons. The van der Waals surface area contributed by atoms with Crippen LogP contribution in [-0.4, -0.2) is 41.5 Å². The Balaban J connectivity index is 2.32. The summed E-state index contributed by atoms with van der Waals surface area (Å²) in [6, 6.07) is 1.43. The van der Waals surface area contributed by atoms with Gasteiger partial charge >= 0.3 is 5.97 Å². The monoisotopic (exact) mass is 251 g/mol. The summed E-state index contributed by atoms with van der Waals surface area (Å²) in [5.74, 6) is -0.321. The van der Waals surface area contributed by atoms with Crippen LogP contribution in [-0.2, 0) is 0 Å². The first-order chi connectivity index (χ1) is 8.72. The van der Waals surface area contributed by atoms with E-state index in [-0.39, 0.29) is 11.4 Å². The van der Waals surface area contributed by atoms with Crippen LogP contribution in [0.15, 0.2) is 6.07 Å². The lowest BCUT2D eigenvalue weighted by molar-refractivity contribution is 0.0696. The summed E-state index contributed by atoms with van der Waals surface area (Å²) in [4.78, 5) is 13.3. The number of carboxylic acids is 1. The van der Waals surface area contributed by atoms with Crippen molar-refractivity contribution < 1.29 is 14.6 Å². The van der Waals surface area contributed by atoms with Gasteiger partial charge in [0, 0.05) is 19.2 Å². The third-order valence-electron chi connectivity index (χ3n) is 3.10. The highest BCUT2D eigenvalue weighted by molar-refractivity contribution is 5.93. The molecule has 2 heterocycles. The summed E-state index contributed by atoms with van der Waals surface area (Å²) in [6.45, 7) is 1.67. The van der Waals surface area contributed by atoms with Gasteiger partial charge in [-0.2, -0.15) is 0 Å². The Labute approximate surface area is 106 Å². The van der Waals surface area contributed by atoms with Crippen molar-refractivity contribution in [2.45, 2.75) is 25.7 Å². The smallest absolute Gasteiger partial charge is 0.339 e. The lowest BCUT2D eigenvalue weighted by Crippen LogP contribution is -2.27.